The van der Waals surface area contributed by atoms with Gasteiger partial charge in [-0.25, -0.2) is 12.8 Å². The molecule has 0 fully saturated rings. The first-order valence-corrected chi connectivity index (χ1v) is 9.21. The molecule has 7 heteroatoms. The van der Waals surface area contributed by atoms with E-state index in [1.165, 1.54) is 28.6 Å². The molecule has 128 valence electrons. The number of amides is 1. The number of sulfonamides is 1. The third-order valence-electron chi connectivity index (χ3n) is 3.49. The Kier molecular flexibility index (Phi) is 5.56. The minimum atomic E-state index is -3.48. The van der Waals surface area contributed by atoms with Crippen LogP contribution in [0.4, 0.5) is 10.1 Å². The first kappa shape index (κ1) is 17.9. The molecule has 0 aromatic heterocycles. The lowest BCUT2D eigenvalue weighted by Gasteiger charge is -2.24. The molecule has 0 bridgehead atoms. The Balaban J connectivity index is 2.05. The maximum absolute atomic E-state index is 12.9. The van der Waals surface area contributed by atoms with E-state index in [4.69, 9.17) is 0 Å². The van der Waals surface area contributed by atoms with E-state index >= 15 is 0 Å². The van der Waals surface area contributed by atoms with Gasteiger partial charge >= 0.3 is 0 Å². The van der Waals surface area contributed by atoms with Crippen LogP contribution in [-0.2, 0) is 10.0 Å². The second-order valence-electron chi connectivity index (χ2n) is 5.38. The molecule has 0 heterocycles. The van der Waals surface area contributed by atoms with Crippen molar-refractivity contribution in [2.75, 3.05) is 23.7 Å². The summed E-state index contributed by atoms with van der Waals surface area (Å²) in [6.07, 6.45) is 1.13. The summed E-state index contributed by atoms with van der Waals surface area (Å²) in [5.74, 6) is -0.803. The van der Waals surface area contributed by atoms with Crippen LogP contribution in [0.2, 0.25) is 0 Å². The Hall–Kier alpha value is -2.41. The van der Waals surface area contributed by atoms with Crippen molar-refractivity contribution in [2.24, 2.45) is 0 Å². The van der Waals surface area contributed by atoms with E-state index < -0.39 is 15.8 Å². The van der Waals surface area contributed by atoms with Gasteiger partial charge in [0.15, 0.2) is 0 Å². The highest BCUT2D eigenvalue weighted by atomic mass is 32.2. The Morgan fingerprint density at radius 3 is 2.33 bits per heavy atom. The molecule has 2 aromatic carbocycles. The summed E-state index contributed by atoms with van der Waals surface area (Å²) >= 11 is 0. The highest BCUT2D eigenvalue weighted by Crippen LogP contribution is 2.21. The third kappa shape index (κ3) is 4.55. The van der Waals surface area contributed by atoms with Crippen LogP contribution < -0.4 is 9.62 Å². The van der Waals surface area contributed by atoms with Crippen molar-refractivity contribution in [3.05, 3.63) is 65.5 Å². The summed E-state index contributed by atoms with van der Waals surface area (Å²) in [5, 5.41) is 2.64. The highest BCUT2D eigenvalue weighted by molar-refractivity contribution is 7.92. The topological polar surface area (TPSA) is 66.5 Å². The number of rotatable bonds is 6. The van der Waals surface area contributed by atoms with Crippen LogP contribution in [-0.4, -0.2) is 33.7 Å². The average molecular weight is 350 g/mol. The summed E-state index contributed by atoms with van der Waals surface area (Å²) in [6.45, 7) is 2.07. The van der Waals surface area contributed by atoms with E-state index in [0.717, 1.165) is 11.8 Å². The fourth-order valence-electron chi connectivity index (χ4n) is 2.28. The Labute approximate surface area is 141 Å². The van der Waals surface area contributed by atoms with Crippen molar-refractivity contribution in [1.29, 1.82) is 0 Å². The maximum Gasteiger partial charge on any atom is 0.251 e. The molecular formula is C17H19FN2O3S. The highest BCUT2D eigenvalue weighted by Gasteiger charge is 2.19. The molecule has 5 nitrogen and oxygen atoms in total. The van der Waals surface area contributed by atoms with Gasteiger partial charge < -0.3 is 5.32 Å². The predicted molar refractivity (Wildman–Crippen MR) is 92.1 cm³/mol. The molecule has 0 saturated heterocycles. The fraction of sp³-hybridized carbons (Fsp3) is 0.235. The number of anilines is 1. The number of nitrogens with one attached hydrogen (secondary N) is 1. The second kappa shape index (κ2) is 7.44. The number of benzene rings is 2. The number of carbonyl (C=O) groups is 1. The van der Waals surface area contributed by atoms with Gasteiger partial charge in [0.25, 0.3) is 5.91 Å². The fourth-order valence-corrected chi connectivity index (χ4v) is 3.27. The molecule has 2 rings (SSSR count). The lowest BCUT2D eigenvalue weighted by molar-refractivity contribution is 0.0955. The van der Waals surface area contributed by atoms with Gasteiger partial charge in [0, 0.05) is 12.1 Å². The minimum Gasteiger partial charge on any atom is -0.350 e. The van der Waals surface area contributed by atoms with Crippen molar-refractivity contribution < 1.29 is 17.6 Å². The quantitative estimate of drug-likeness (QED) is 0.869. The molecule has 0 unspecified atom stereocenters. The van der Waals surface area contributed by atoms with Gasteiger partial charge in [-0.2, -0.15) is 0 Å². The molecule has 24 heavy (non-hydrogen) atoms. The molecule has 2 aromatic rings. The van der Waals surface area contributed by atoms with Gasteiger partial charge in [-0.1, -0.05) is 18.2 Å². The van der Waals surface area contributed by atoms with E-state index in [1.807, 2.05) is 19.1 Å². The lowest BCUT2D eigenvalue weighted by atomic mass is 10.2. The summed E-state index contributed by atoms with van der Waals surface area (Å²) in [7, 11) is -3.48. The molecule has 0 aliphatic rings. The van der Waals surface area contributed by atoms with Crippen LogP contribution in [0.3, 0.4) is 0 Å². The number of para-hydroxylation sites is 1. The van der Waals surface area contributed by atoms with Gasteiger partial charge in [0.05, 0.1) is 18.5 Å². The average Bonchev–Trinajstić information content (AvgIpc) is 2.52. The lowest BCUT2D eigenvalue weighted by Crippen LogP contribution is -2.38. The number of aryl methyl sites for hydroxylation is 1. The zero-order valence-corrected chi connectivity index (χ0v) is 14.3. The molecule has 0 spiro atoms. The first-order valence-electron chi connectivity index (χ1n) is 7.36. The number of halogens is 1. The van der Waals surface area contributed by atoms with Gasteiger partial charge in [0.2, 0.25) is 10.0 Å². The van der Waals surface area contributed by atoms with Gasteiger partial charge in [0.1, 0.15) is 5.82 Å². The van der Waals surface area contributed by atoms with E-state index in [-0.39, 0.29) is 19.0 Å². The molecule has 1 amide bonds. The van der Waals surface area contributed by atoms with Crippen molar-refractivity contribution in [3.8, 4) is 0 Å². The number of nitrogens with zero attached hydrogens (tertiary/aromatic N) is 1. The Bertz CT molecular complexity index is 820. The van der Waals surface area contributed by atoms with Gasteiger partial charge in [-0.3, -0.25) is 9.10 Å². The van der Waals surface area contributed by atoms with Crippen LogP contribution in [0.15, 0.2) is 48.5 Å². The molecule has 0 radical (unpaired) electrons. The molecular weight excluding hydrogens is 331 g/mol. The Morgan fingerprint density at radius 1 is 1.12 bits per heavy atom. The third-order valence-corrected chi connectivity index (χ3v) is 4.67. The van der Waals surface area contributed by atoms with Gasteiger partial charge in [-0.15, -0.1) is 0 Å². The van der Waals surface area contributed by atoms with Crippen molar-refractivity contribution in [2.45, 2.75) is 6.92 Å². The monoisotopic (exact) mass is 350 g/mol. The number of hydrogen-bond acceptors (Lipinski definition) is 3. The number of carbonyl (C=O) groups excluding carboxylic acids is 1. The van der Waals surface area contributed by atoms with Gasteiger partial charge in [-0.05, 0) is 42.8 Å². The van der Waals surface area contributed by atoms with Crippen LogP contribution in [0.25, 0.3) is 0 Å². The normalized spacial score (nSPS) is 11.1. The SMILES string of the molecule is Cc1ccccc1N(CCNC(=O)c1ccc(F)cc1)S(C)(=O)=O. The van der Waals surface area contributed by atoms with Crippen molar-refractivity contribution in [1.82, 2.24) is 5.32 Å². The standard InChI is InChI=1S/C17H19FN2O3S/c1-13-5-3-4-6-16(13)20(24(2,22)23)12-11-19-17(21)14-7-9-15(18)10-8-14/h3-10H,11-12H2,1-2H3,(H,19,21). The smallest absolute Gasteiger partial charge is 0.251 e. The van der Waals surface area contributed by atoms with E-state index in [2.05, 4.69) is 5.32 Å². The van der Waals surface area contributed by atoms with Crippen molar-refractivity contribution in [3.63, 3.8) is 0 Å². The molecule has 0 aliphatic carbocycles. The molecule has 0 aliphatic heterocycles. The minimum absolute atomic E-state index is 0.108. The number of hydrogen-bond donors (Lipinski definition) is 1. The van der Waals surface area contributed by atoms with Crippen molar-refractivity contribution >= 4 is 21.6 Å². The van der Waals surface area contributed by atoms with E-state index in [0.29, 0.717) is 11.3 Å². The van der Waals surface area contributed by atoms with E-state index in [1.54, 1.807) is 12.1 Å². The van der Waals surface area contributed by atoms with Crippen LogP contribution in [0.5, 0.6) is 0 Å². The molecule has 0 saturated carbocycles. The molecule has 0 atom stereocenters. The maximum atomic E-state index is 12.9. The van der Waals surface area contributed by atoms with Crippen LogP contribution >= 0.6 is 0 Å². The van der Waals surface area contributed by atoms with Crippen LogP contribution in [0, 0.1) is 12.7 Å². The molecule has 1 N–H and O–H groups in total. The first-order chi connectivity index (χ1) is 11.3. The van der Waals surface area contributed by atoms with Crippen LogP contribution in [0.1, 0.15) is 15.9 Å². The second-order valence-corrected chi connectivity index (χ2v) is 7.29. The predicted octanol–water partition coefficient (Wildman–Crippen LogP) is 2.33. The Morgan fingerprint density at radius 2 is 1.75 bits per heavy atom. The summed E-state index contributed by atoms with van der Waals surface area (Å²) in [4.78, 5) is 12.0. The van der Waals surface area contributed by atoms with E-state index in [9.17, 15) is 17.6 Å². The summed E-state index contributed by atoms with van der Waals surface area (Å²) < 4.78 is 38.2. The zero-order valence-electron chi connectivity index (χ0n) is 13.5. The zero-order chi connectivity index (χ0) is 17.7. The largest absolute Gasteiger partial charge is 0.350 e. The summed E-state index contributed by atoms with van der Waals surface area (Å²) in [6, 6.07) is 12.3. The summed E-state index contributed by atoms with van der Waals surface area (Å²) in [5.41, 5.74) is 1.72.